The van der Waals surface area contributed by atoms with Crippen LogP contribution >= 0.6 is 11.3 Å². The zero-order valence-corrected chi connectivity index (χ0v) is 7.55. The van der Waals surface area contributed by atoms with E-state index in [0.717, 1.165) is 11.3 Å². The molecule has 3 N–H and O–H groups in total. The van der Waals surface area contributed by atoms with Crippen molar-refractivity contribution in [2.24, 2.45) is 0 Å². The molecular formula is C7H7NO4S. The Morgan fingerprint density at radius 2 is 2.23 bits per heavy atom. The van der Waals surface area contributed by atoms with Crippen LogP contribution in [-0.4, -0.2) is 24.2 Å². The average Bonchev–Trinajstić information content (AvgIpc) is 2.45. The smallest absolute Gasteiger partial charge is 0.339 e. The second-order valence-electron chi connectivity index (χ2n) is 2.19. The Labute approximate surface area is 77.7 Å². The van der Waals surface area contributed by atoms with Crippen LogP contribution in [0.4, 0.5) is 5.00 Å². The van der Waals surface area contributed by atoms with Gasteiger partial charge in [-0.3, -0.25) is 0 Å². The zero-order valence-electron chi connectivity index (χ0n) is 6.73. The van der Waals surface area contributed by atoms with Crippen molar-refractivity contribution in [1.82, 2.24) is 0 Å². The number of ether oxygens (including phenoxy) is 1. The molecule has 0 aliphatic rings. The largest absolute Gasteiger partial charge is 0.478 e. The molecule has 0 spiro atoms. The number of rotatable bonds is 2. The van der Waals surface area contributed by atoms with Crippen molar-refractivity contribution in [3.05, 3.63) is 16.5 Å². The number of hydrogen-bond acceptors (Lipinski definition) is 5. The first kappa shape index (κ1) is 9.53. The van der Waals surface area contributed by atoms with E-state index in [0.29, 0.717) is 0 Å². The maximum atomic E-state index is 11.0. The number of esters is 1. The van der Waals surface area contributed by atoms with E-state index in [2.05, 4.69) is 4.74 Å². The average molecular weight is 201 g/mol. The normalized spacial score (nSPS) is 9.62. The molecule has 1 heterocycles. The molecular weight excluding hydrogens is 194 g/mol. The van der Waals surface area contributed by atoms with Gasteiger partial charge in [-0.25, -0.2) is 9.59 Å². The number of hydrogen-bond donors (Lipinski definition) is 2. The number of carbonyl (C=O) groups excluding carboxylic acids is 1. The van der Waals surface area contributed by atoms with Crippen LogP contribution in [0.2, 0.25) is 0 Å². The van der Waals surface area contributed by atoms with Crippen molar-refractivity contribution < 1.29 is 19.4 Å². The molecule has 1 aromatic rings. The summed E-state index contributed by atoms with van der Waals surface area (Å²) in [6.07, 6.45) is 0. The van der Waals surface area contributed by atoms with E-state index >= 15 is 0 Å². The summed E-state index contributed by atoms with van der Waals surface area (Å²) in [6.45, 7) is 0. The van der Waals surface area contributed by atoms with Gasteiger partial charge in [-0.2, -0.15) is 0 Å². The molecule has 0 saturated heterocycles. The van der Waals surface area contributed by atoms with Crippen molar-refractivity contribution in [3.63, 3.8) is 0 Å². The Kier molecular flexibility index (Phi) is 2.52. The maximum Gasteiger partial charge on any atom is 0.339 e. The molecule has 5 nitrogen and oxygen atoms in total. The van der Waals surface area contributed by atoms with Crippen LogP contribution in [0.1, 0.15) is 20.7 Å². The minimum absolute atomic E-state index is 0.00231. The van der Waals surface area contributed by atoms with Gasteiger partial charge < -0.3 is 15.6 Å². The minimum Gasteiger partial charge on any atom is -0.478 e. The second-order valence-corrected chi connectivity index (χ2v) is 3.10. The number of anilines is 1. The number of carboxylic acid groups (broad SMARTS) is 1. The Bertz CT molecular complexity index is 357. The van der Waals surface area contributed by atoms with Gasteiger partial charge in [-0.15, -0.1) is 11.3 Å². The zero-order chi connectivity index (χ0) is 10.0. The van der Waals surface area contributed by atoms with Gasteiger partial charge in [0.05, 0.1) is 12.7 Å². The predicted molar refractivity (Wildman–Crippen MR) is 47.0 cm³/mol. The van der Waals surface area contributed by atoms with Gasteiger partial charge in [-0.05, 0) is 0 Å². The fourth-order valence-corrected chi connectivity index (χ4v) is 1.63. The molecule has 0 atom stereocenters. The van der Waals surface area contributed by atoms with Gasteiger partial charge in [0.2, 0.25) is 0 Å². The molecule has 0 aliphatic carbocycles. The summed E-state index contributed by atoms with van der Waals surface area (Å²) in [6, 6.07) is 0. The van der Waals surface area contributed by atoms with Crippen LogP contribution in [0.25, 0.3) is 0 Å². The summed E-state index contributed by atoms with van der Waals surface area (Å²) in [4.78, 5) is 21.7. The number of methoxy groups -OCH3 is 1. The van der Waals surface area contributed by atoms with E-state index < -0.39 is 11.9 Å². The van der Waals surface area contributed by atoms with E-state index in [-0.39, 0.29) is 16.1 Å². The highest BCUT2D eigenvalue weighted by atomic mass is 32.1. The van der Waals surface area contributed by atoms with Crippen molar-refractivity contribution in [2.75, 3.05) is 12.8 Å². The first-order valence-corrected chi connectivity index (χ1v) is 4.14. The third-order valence-electron chi connectivity index (χ3n) is 1.44. The highest BCUT2D eigenvalue weighted by Gasteiger charge is 2.21. The van der Waals surface area contributed by atoms with Gasteiger partial charge in [0.25, 0.3) is 0 Å². The molecule has 1 aromatic heterocycles. The van der Waals surface area contributed by atoms with Crippen LogP contribution < -0.4 is 5.73 Å². The summed E-state index contributed by atoms with van der Waals surface area (Å²) < 4.78 is 4.39. The monoisotopic (exact) mass is 201 g/mol. The van der Waals surface area contributed by atoms with Crippen LogP contribution in [0.3, 0.4) is 0 Å². The van der Waals surface area contributed by atoms with Crippen LogP contribution in [0.5, 0.6) is 0 Å². The number of carbonyl (C=O) groups is 2. The lowest BCUT2D eigenvalue weighted by Crippen LogP contribution is -2.08. The molecule has 0 aliphatic heterocycles. The molecule has 0 amide bonds. The molecule has 0 fully saturated rings. The van der Waals surface area contributed by atoms with Crippen LogP contribution in [0.15, 0.2) is 5.38 Å². The van der Waals surface area contributed by atoms with Crippen molar-refractivity contribution >= 4 is 28.3 Å². The first-order valence-electron chi connectivity index (χ1n) is 3.26. The Hall–Kier alpha value is -1.56. The van der Waals surface area contributed by atoms with Crippen LogP contribution in [-0.2, 0) is 4.74 Å². The fourth-order valence-electron chi connectivity index (χ4n) is 0.854. The van der Waals surface area contributed by atoms with Crippen LogP contribution in [0, 0.1) is 0 Å². The molecule has 0 bridgehead atoms. The van der Waals surface area contributed by atoms with Gasteiger partial charge in [0, 0.05) is 5.38 Å². The predicted octanol–water partition coefficient (Wildman–Crippen LogP) is 0.815. The Morgan fingerprint density at radius 1 is 1.62 bits per heavy atom. The van der Waals surface area contributed by atoms with Crippen molar-refractivity contribution in [1.29, 1.82) is 0 Å². The molecule has 0 unspecified atom stereocenters. The van der Waals surface area contributed by atoms with Gasteiger partial charge >= 0.3 is 11.9 Å². The number of nitrogens with two attached hydrogens (primary N) is 1. The van der Waals surface area contributed by atoms with Gasteiger partial charge in [0.15, 0.2) is 0 Å². The van der Waals surface area contributed by atoms with Crippen molar-refractivity contribution in [2.45, 2.75) is 0 Å². The number of carboxylic acids is 1. The molecule has 0 aromatic carbocycles. The van der Waals surface area contributed by atoms with E-state index in [1.165, 1.54) is 12.5 Å². The van der Waals surface area contributed by atoms with Gasteiger partial charge in [-0.1, -0.05) is 0 Å². The highest BCUT2D eigenvalue weighted by Crippen LogP contribution is 2.25. The molecule has 1 rings (SSSR count). The summed E-state index contributed by atoms with van der Waals surface area (Å²) >= 11 is 0.999. The van der Waals surface area contributed by atoms with E-state index in [1.54, 1.807) is 0 Å². The van der Waals surface area contributed by atoms with E-state index in [9.17, 15) is 9.59 Å². The third-order valence-corrected chi connectivity index (χ3v) is 2.25. The number of thiophene rings is 1. The molecule has 0 saturated carbocycles. The molecule has 6 heteroatoms. The molecule has 13 heavy (non-hydrogen) atoms. The van der Waals surface area contributed by atoms with E-state index in [1.807, 2.05) is 0 Å². The minimum atomic E-state index is -1.22. The fraction of sp³-hybridized carbons (Fsp3) is 0.143. The quantitative estimate of drug-likeness (QED) is 0.691. The Balaban J connectivity index is 3.22. The SMILES string of the molecule is COC(=O)c1csc(N)c1C(=O)O. The highest BCUT2D eigenvalue weighted by molar-refractivity contribution is 7.14. The standard InChI is InChI=1S/C7H7NO4S/c1-12-7(11)3-2-13-5(8)4(3)6(9)10/h2H,8H2,1H3,(H,9,10). The number of aromatic carboxylic acids is 1. The second kappa shape index (κ2) is 3.44. The lowest BCUT2D eigenvalue weighted by Gasteiger charge is -1.97. The summed E-state index contributed by atoms with van der Waals surface area (Å²) in [5.41, 5.74) is 5.18. The summed E-state index contributed by atoms with van der Waals surface area (Å²) in [5.74, 6) is -1.91. The summed E-state index contributed by atoms with van der Waals surface area (Å²) in [7, 11) is 1.18. The van der Waals surface area contributed by atoms with Crippen molar-refractivity contribution in [3.8, 4) is 0 Å². The first-order chi connectivity index (χ1) is 6.07. The molecule has 70 valence electrons. The topological polar surface area (TPSA) is 89.6 Å². The molecule has 0 radical (unpaired) electrons. The Morgan fingerprint density at radius 3 is 2.69 bits per heavy atom. The summed E-state index contributed by atoms with van der Waals surface area (Å²) in [5, 5.41) is 10.2. The lowest BCUT2D eigenvalue weighted by molar-refractivity contribution is 0.0584. The number of nitrogen functional groups attached to an aromatic ring is 1. The third kappa shape index (κ3) is 1.62. The lowest BCUT2D eigenvalue weighted by atomic mass is 10.2. The van der Waals surface area contributed by atoms with Gasteiger partial charge in [0.1, 0.15) is 10.6 Å². The van der Waals surface area contributed by atoms with E-state index in [4.69, 9.17) is 10.8 Å². The maximum absolute atomic E-state index is 11.0.